The molecule has 98 valence electrons. The summed E-state index contributed by atoms with van der Waals surface area (Å²) in [5.74, 6) is 0. The molecular weight excluding hydrogens is 244 g/mol. The first-order valence-electron chi connectivity index (χ1n) is 6.48. The molecule has 0 spiro atoms. The molecule has 0 saturated carbocycles. The molecule has 0 aromatic carbocycles. The molecule has 1 aromatic rings. The second-order valence-electron chi connectivity index (χ2n) is 4.71. The Morgan fingerprint density at radius 1 is 1.33 bits per heavy atom. The highest BCUT2D eigenvalue weighted by Crippen LogP contribution is 2.26. The van der Waals surface area contributed by atoms with Crippen molar-refractivity contribution in [3.05, 3.63) is 10.6 Å². The summed E-state index contributed by atoms with van der Waals surface area (Å²) >= 11 is 1.77. The van der Waals surface area contributed by atoms with Crippen LogP contribution < -0.4 is 4.90 Å². The standard InChI is InChI=1S/C13H20N4S/c1-4-12(9-14)16-5-7-17(8-6-16)13-15-10(2)11(3)18-13/h12H,4-8H2,1-3H3. The molecule has 0 aliphatic carbocycles. The van der Waals surface area contributed by atoms with E-state index < -0.39 is 0 Å². The van der Waals surface area contributed by atoms with E-state index in [0.717, 1.165) is 43.4 Å². The Morgan fingerprint density at radius 3 is 2.44 bits per heavy atom. The second-order valence-corrected chi connectivity index (χ2v) is 5.90. The van der Waals surface area contributed by atoms with Crippen molar-refractivity contribution < 1.29 is 0 Å². The number of rotatable bonds is 3. The van der Waals surface area contributed by atoms with Gasteiger partial charge in [0.25, 0.3) is 0 Å². The Hall–Kier alpha value is -1.12. The van der Waals surface area contributed by atoms with Crippen LogP contribution in [0.4, 0.5) is 5.13 Å². The number of aryl methyl sites for hydroxylation is 2. The van der Waals surface area contributed by atoms with Crippen molar-refractivity contribution >= 4 is 16.5 Å². The fraction of sp³-hybridized carbons (Fsp3) is 0.692. The Balaban J connectivity index is 1.96. The van der Waals surface area contributed by atoms with Crippen LogP contribution in [0.1, 0.15) is 23.9 Å². The van der Waals surface area contributed by atoms with Crippen LogP contribution in [0.5, 0.6) is 0 Å². The van der Waals surface area contributed by atoms with Gasteiger partial charge >= 0.3 is 0 Å². The van der Waals surface area contributed by atoms with Gasteiger partial charge in [0.05, 0.1) is 17.8 Å². The average molecular weight is 264 g/mol. The molecule has 0 N–H and O–H groups in total. The molecule has 2 rings (SSSR count). The zero-order valence-corrected chi connectivity index (χ0v) is 12.1. The van der Waals surface area contributed by atoms with E-state index >= 15 is 0 Å². The van der Waals surface area contributed by atoms with E-state index in [1.807, 2.05) is 0 Å². The van der Waals surface area contributed by atoms with Crippen LogP contribution in [0, 0.1) is 25.2 Å². The van der Waals surface area contributed by atoms with Gasteiger partial charge in [-0.15, -0.1) is 11.3 Å². The Bertz CT molecular complexity index is 421. The molecule has 1 atom stereocenters. The van der Waals surface area contributed by atoms with Crippen molar-refractivity contribution in [3.8, 4) is 6.07 Å². The Morgan fingerprint density at radius 2 is 2.00 bits per heavy atom. The van der Waals surface area contributed by atoms with Gasteiger partial charge in [-0.25, -0.2) is 4.98 Å². The molecule has 0 bridgehead atoms. The number of nitriles is 1. The summed E-state index contributed by atoms with van der Waals surface area (Å²) in [4.78, 5) is 10.5. The summed E-state index contributed by atoms with van der Waals surface area (Å²) in [6, 6.07) is 2.46. The minimum absolute atomic E-state index is 0.0758. The lowest BCUT2D eigenvalue weighted by Gasteiger charge is -2.36. The summed E-state index contributed by atoms with van der Waals surface area (Å²) in [7, 11) is 0. The fourth-order valence-corrected chi connectivity index (χ4v) is 3.21. The molecule has 1 fully saturated rings. The Kier molecular flexibility index (Phi) is 4.20. The molecular formula is C13H20N4S. The number of aromatic nitrogens is 1. The molecule has 1 aliphatic rings. The maximum Gasteiger partial charge on any atom is 0.185 e. The third-order valence-corrected chi connectivity index (χ3v) is 4.71. The van der Waals surface area contributed by atoms with E-state index in [-0.39, 0.29) is 6.04 Å². The second kappa shape index (κ2) is 5.68. The lowest BCUT2D eigenvalue weighted by atomic mass is 10.2. The highest BCUT2D eigenvalue weighted by molar-refractivity contribution is 7.15. The van der Waals surface area contributed by atoms with Gasteiger partial charge in [0, 0.05) is 31.1 Å². The summed E-state index contributed by atoms with van der Waals surface area (Å²) < 4.78 is 0. The van der Waals surface area contributed by atoms with Crippen molar-refractivity contribution in [1.82, 2.24) is 9.88 Å². The molecule has 0 amide bonds. The van der Waals surface area contributed by atoms with Gasteiger partial charge in [-0.3, -0.25) is 4.90 Å². The van der Waals surface area contributed by atoms with Gasteiger partial charge in [-0.2, -0.15) is 5.26 Å². The Labute approximate surface area is 113 Å². The minimum atomic E-state index is 0.0758. The fourth-order valence-electron chi connectivity index (χ4n) is 2.25. The van der Waals surface area contributed by atoms with Crippen molar-refractivity contribution in [2.45, 2.75) is 33.2 Å². The van der Waals surface area contributed by atoms with Crippen LogP contribution >= 0.6 is 11.3 Å². The zero-order valence-electron chi connectivity index (χ0n) is 11.3. The summed E-state index contributed by atoms with van der Waals surface area (Å²) in [6.07, 6.45) is 0.909. The van der Waals surface area contributed by atoms with Crippen LogP contribution in [0.15, 0.2) is 0 Å². The largest absolute Gasteiger partial charge is 0.346 e. The molecule has 1 saturated heterocycles. The normalized spacial score (nSPS) is 18.7. The smallest absolute Gasteiger partial charge is 0.185 e. The molecule has 1 aromatic heterocycles. The van der Waals surface area contributed by atoms with E-state index in [0.29, 0.717) is 0 Å². The number of hydrogen-bond donors (Lipinski definition) is 0. The van der Waals surface area contributed by atoms with Gasteiger partial charge in [0.2, 0.25) is 0 Å². The molecule has 5 heteroatoms. The number of piperazine rings is 1. The van der Waals surface area contributed by atoms with Gasteiger partial charge < -0.3 is 4.90 Å². The number of hydrogen-bond acceptors (Lipinski definition) is 5. The number of nitrogens with zero attached hydrogens (tertiary/aromatic N) is 4. The summed E-state index contributed by atoms with van der Waals surface area (Å²) in [5, 5.41) is 10.2. The predicted molar refractivity (Wildman–Crippen MR) is 75.1 cm³/mol. The highest BCUT2D eigenvalue weighted by Gasteiger charge is 2.24. The third-order valence-electron chi connectivity index (χ3n) is 3.58. The lowest BCUT2D eigenvalue weighted by Crippen LogP contribution is -2.49. The SMILES string of the molecule is CCC(C#N)N1CCN(c2nc(C)c(C)s2)CC1. The molecule has 18 heavy (non-hydrogen) atoms. The van der Waals surface area contributed by atoms with Crippen LogP contribution in [0.3, 0.4) is 0 Å². The first-order chi connectivity index (χ1) is 8.65. The molecule has 1 unspecified atom stereocenters. The predicted octanol–water partition coefficient (Wildman–Crippen LogP) is 2.18. The van der Waals surface area contributed by atoms with E-state index in [1.165, 1.54) is 4.88 Å². The zero-order chi connectivity index (χ0) is 13.1. The molecule has 2 heterocycles. The molecule has 0 radical (unpaired) electrons. The van der Waals surface area contributed by atoms with Crippen LogP contribution in [0.2, 0.25) is 0 Å². The van der Waals surface area contributed by atoms with Crippen molar-refractivity contribution in [1.29, 1.82) is 5.26 Å². The average Bonchev–Trinajstić information content (AvgIpc) is 2.72. The first kappa shape index (κ1) is 13.3. The van der Waals surface area contributed by atoms with Crippen LogP contribution in [-0.4, -0.2) is 42.1 Å². The van der Waals surface area contributed by atoms with E-state index in [2.05, 4.69) is 41.6 Å². The van der Waals surface area contributed by atoms with Gasteiger partial charge in [0.1, 0.15) is 0 Å². The topological polar surface area (TPSA) is 43.2 Å². The van der Waals surface area contributed by atoms with E-state index in [9.17, 15) is 0 Å². The van der Waals surface area contributed by atoms with Gasteiger partial charge in [-0.1, -0.05) is 6.92 Å². The van der Waals surface area contributed by atoms with Crippen molar-refractivity contribution in [3.63, 3.8) is 0 Å². The molecule has 4 nitrogen and oxygen atoms in total. The van der Waals surface area contributed by atoms with Gasteiger partial charge in [0.15, 0.2) is 5.13 Å². The minimum Gasteiger partial charge on any atom is -0.346 e. The maximum atomic E-state index is 9.09. The highest BCUT2D eigenvalue weighted by atomic mass is 32.1. The molecule has 1 aliphatic heterocycles. The van der Waals surface area contributed by atoms with Crippen molar-refractivity contribution in [2.24, 2.45) is 0 Å². The van der Waals surface area contributed by atoms with E-state index in [4.69, 9.17) is 5.26 Å². The summed E-state index contributed by atoms with van der Waals surface area (Å²) in [6.45, 7) is 10.1. The first-order valence-corrected chi connectivity index (χ1v) is 7.30. The van der Waals surface area contributed by atoms with Crippen molar-refractivity contribution in [2.75, 3.05) is 31.1 Å². The van der Waals surface area contributed by atoms with E-state index in [1.54, 1.807) is 11.3 Å². The summed E-state index contributed by atoms with van der Waals surface area (Å²) in [5.41, 5.74) is 1.14. The third kappa shape index (κ3) is 2.65. The number of anilines is 1. The maximum absolute atomic E-state index is 9.09. The number of thiazole rings is 1. The van der Waals surface area contributed by atoms with Crippen LogP contribution in [0.25, 0.3) is 0 Å². The van der Waals surface area contributed by atoms with Gasteiger partial charge in [-0.05, 0) is 20.3 Å². The van der Waals surface area contributed by atoms with Crippen LogP contribution in [-0.2, 0) is 0 Å². The quantitative estimate of drug-likeness (QED) is 0.839. The monoisotopic (exact) mass is 264 g/mol. The lowest BCUT2D eigenvalue weighted by molar-refractivity contribution is 0.216.